The fourth-order valence-corrected chi connectivity index (χ4v) is 5.81. The van der Waals surface area contributed by atoms with Gasteiger partial charge in [-0.05, 0) is 110 Å². The Morgan fingerprint density at radius 3 is 1.44 bits per heavy atom. The molecule has 10 rings (SSSR count). The number of hydrogen-bond donors (Lipinski definition) is 0. The van der Waals surface area contributed by atoms with Gasteiger partial charge in [0.2, 0.25) is 0 Å². The summed E-state index contributed by atoms with van der Waals surface area (Å²) in [4.78, 5) is 0. The van der Waals surface area contributed by atoms with Gasteiger partial charge in [0.1, 0.15) is 0 Å². The maximum atomic E-state index is 10.3. The zero-order chi connectivity index (χ0) is 60.9. The van der Waals surface area contributed by atoms with Gasteiger partial charge in [0.05, 0.1) is 43.9 Å². The third kappa shape index (κ3) is 4.61. The summed E-state index contributed by atoms with van der Waals surface area (Å²) >= 11 is 0. The maximum absolute atomic E-state index is 10.3. The van der Waals surface area contributed by atoms with E-state index in [1.54, 1.807) is 0 Å². The van der Waals surface area contributed by atoms with Crippen LogP contribution in [0, 0.1) is 0 Å². The predicted molar refractivity (Wildman–Crippen MR) is 216 cm³/mol. The van der Waals surface area contributed by atoms with E-state index in [2.05, 4.69) is 0 Å². The van der Waals surface area contributed by atoms with Crippen LogP contribution in [0.2, 0.25) is 0 Å². The molecule has 10 aromatic rings. The quantitative estimate of drug-likeness (QED) is 0.164. The Morgan fingerprint density at radius 1 is 0.240 bits per heavy atom. The number of rotatable bonds is 4. The van der Waals surface area contributed by atoms with Gasteiger partial charge in [-0.3, -0.25) is 0 Å². The number of benzene rings is 10. The molecule has 0 radical (unpaired) electrons. The largest absolute Gasteiger partial charge is 0.0636 e. The lowest BCUT2D eigenvalue weighted by Gasteiger charge is -2.20. The molecule has 0 aromatic heterocycles. The summed E-state index contributed by atoms with van der Waals surface area (Å²) in [5, 5.41) is -7.75. The van der Waals surface area contributed by atoms with E-state index in [-0.39, 0.29) is 0 Å². The highest BCUT2D eigenvalue weighted by Gasteiger charge is 2.19. The van der Waals surface area contributed by atoms with Crippen LogP contribution in [-0.2, 0) is 0 Å². The molecule has 0 spiro atoms. The van der Waals surface area contributed by atoms with Crippen molar-refractivity contribution in [1.82, 2.24) is 0 Å². The second kappa shape index (κ2) is 11.6. The summed E-state index contributed by atoms with van der Waals surface area (Å²) in [7, 11) is 0. The molecular formula is C50H32. The molecule has 0 aliphatic heterocycles. The van der Waals surface area contributed by atoms with E-state index < -0.39 is 292 Å². The van der Waals surface area contributed by atoms with Crippen molar-refractivity contribution in [2.45, 2.75) is 0 Å². The molecule has 0 N–H and O–H groups in total. The molecule has 0 unspecified atom stereocenters. The molecule has 50 heavy (non-hydrogen) atoms. The first-order valence-corrected chi connectivity index (χ1v) is 14.8. The van der Waals surface area contributed by atoms with Gasteiger partial charge in [0, 0.05) is 0 Å². The van der Waals surface area contributed by atoms with Gasteiger partial charge in [0.25, 0.3) is 0 Å². The molecule has 232 valence electrons. The van der Waals surface area contributed by atoms with Crippen LogP contribution >= 0.6 is 0 Å². The standard InChI is InChI=1S/C50H32/c1-2-14-38-31-39(28-25-33(38)11-1)34-23-26-37(27-24-34)49-45-19-7-8-20-46(45)50(44-22-10-16-36-13-4-6-18-42(36)44)48-32-40(29-30-47(48)49)43-21-9-15-35-12-3-5-17-41(35)43/h1-32H/i1D,2D,3D,4D,5D,6D,7D,8D,9D,10D,11D,12D,13D,14D,15D,16D,17D,18D,19D,20D,21D,22D,23D,24D,25D,26D,27D,28D,29D,30D,31D,32D. The van der Waals surface area contributed by atoms with Crippen molar-refractivity contribution in [2.24, 2.45) is 0 Å². The first-order chi connectivity index (χ1) is 38.1. The zero-order valence-corrected chi connectivity index (χ0v) is 25.0. The van der Waals surface area contributed by atoms with Crippen molar-refractivity contribution in [2.75, 3.05) is 0 Å². The highest BCUT2D eigenvalue weighted by atomic mass is 14.2. The Bertz CT molecular complexity index is 4710. The lowest BCUT2D eigenvalue weighted by molar-refractivity contribution is 1.62. The lowest BCUT2D eigenvalue weighted by atomic mass is 9.83. The normalized spacial score (nSPS) is 20.6. The van der Waals surface area contributed by atoms with E-state index >= 15 is 0 Å². The highest BCUT2D eigenvalue weighted by Crippen LogP contribution is 2.47. The Balaban J connectivity index is 1.55. The molecule has 0 nitrogen and oxygen atoms in total. The third-order valence-electron chi connectivity index (χ3n) is 8.00. The molecule has 0 atom stereocenters. The smallest absolute Gasteiger partial charge is 0.0616 e. The van der Waals surface area contributed by atoms with Gasteiger partial charge in [-0.2, -0.15) is 0 Å². The van der Waals surface area contributed by atoms with Crippen molar-refractivity contribution in [1.29, 1.82) is 0 Å². The second-order valence-electron chi connectivity index (χ2n) is 10.8. The van der Waals surface area contributed by atoms with Crippen LogP contribution in [0.3, 0.4) is 0 Å². The minimum absolute atomic E-state index is 0.585. The molecule has 0 amide bonds. The molecule has 0 heterocycles. The van der Waals surface area contributed by atoms with Crippen LogP contribution in [0.15, 0.2) is 193 Å². The maximum Gasteiger partial charge on any atom is 0.0636 e. The molecule has 0 bridgehead atoms. The van der Waals surface area contributed by atoms with Gasteiger partial charge < -0.3 is 0 Å². The molecule has 0 saturated heterocycles. The van der Waals surface area contributed by atoms with Crippen LogP contribution in [0.4, 0.5) is 0 Å². The van der Waals surface area contributed by atoms with E-state index in [1.807, 2.05) is 0 Å². The van der Waals surface area contributed by atoms with Gasteiger partial charge in [0.15, 0.2) is 0 Å². The number of hydrogen-bond acceptors (Lipinski definition) is 0. The van der Waals surface area contributed by atoms with Crippen LogP contribution in [0.1, 0.15) is 43.9 Å². The molecule has 10 aromatic carbocycles. The Hall–Kier alpha value is -6.50. The average Bonchev–Trinajstić information content (AvgIpc) is 3.52. The van der Waals surface area contributed by atoms with Crippen LogP contribution < -0.4 is 0 Å². The van der Waals surface area contributed by atoms with Crippen molar-refractivity contribution in [3.05, 3.63) is 193 Å². The minimum atomic E-state index is -1.20. The summed E-state index contributed by atoms with van der Waals surface area (Å²) in [6.45, 7) is 0. The molecule has 0 aliphatic carbocycles. The van der Waals surface area contributed by atoms with Gasteiger partial charge in [-0.1, -0.05) is 181 Å². The van der Waals surface area contributed by atoms with E-state index in [9.17, 15) is 17.8 Å². The summed E-state index contributed by atoms with van der Waals surface area (Å²) in [6, 6.07) is -32.6. The van der Waals surface area contributed by atoms with Gasteiger partial charge in [-0.25, -0.2) is 0 Å². The van der Waals surface area contributed by atoms with Crippen molar-refractivity contribution in [3.63, 3.8) is 0 Å². The fraction of sp³-hybridized carbons (Fsp3) is 0. The van der Waals surface area contributed by atoms with Crippen molar-refractivity contribution >= 4 is 53.9 Å². The zero-order valence-electron chi connectivity index (χ0n) is 57.0. The topological polar surface area (TPSA) is 0 Å². The van der Waals surface area contributed by atoms with E-state index in [1.165, 1.54) is 0 Å². The van der Waals surface area contributed by atoms with E-state index in [0.29, 0.717) is 0 Å². The van der Waals surface area contributed by atoms with Crippen LogP contribution in [0.5, 0.6) is 0 Å². The summed E-state index contributed by atoms with van der Waals surface area (Å²) < 4.78 is 291. The molecule has 0 aliphatic rings. The monoisotopic (exact) mass is 664 g/mol. The van der Waals surface area contributed by atoms with E-state index in [0.717, 1.165) is 0 Å². The fourth-order valence-electron chi connectivity index (χ4n) is 5.81. The van der Waals surface area contributed by atoms with Crippen molar-refractivity contribution in [3.8, 4) is 44.5 Å². The van der Waals surface area contributed by atoms with Gasteiger partial charge in [-0.15, -0.1) is 0 Å². The van der Waals surface area contributed by atoms with Crippen LogP contribution in [0.25, 0.3) is 98.4 Å². The Kier molecular flexibility index (Phi) is 2.55. The summed E-state index contributed by atoms with van der Waals surface area (Å²) in [5.41, 5.74) is -7.19. The molecule has 0 fully saturated rings. The lowest BCUT2D eigenvalue weighted by Crippen LogP contribution is -1.93. The summed E-state index contributed by atoms with van der Waals surface area (Å²) in [6.07, 6.45) is 0. The Labute approximate surface area is 336 Å². The van der Waals surface area contributed by atoms with Gasteiger partial charge >= 0.3 is 0 Å². The molecular weight excluding hydrogens is 601 g/mol. The van der Waals surface area contributed by atoms with Crippen molar-refractivity contribution < 1.29 is 43.9 Å². The molecule has 0 saturated carbocycles. The minimum Gasteiger partial charge on any atom is -0.0616 e. The predicted octanol–water partition coefficient (Wildman–Crippen LogP) is 14.1. The second-order valence-corrected chi connectivity index (χ2v) is 10.8. The molecule has 0 heteroatoms. The summed E-state index contributed by atoms with van der Waals surface area (Å²) in [5.74, 6) is 0. The first-order valence-electron chi connectivity index (χ1n) is 30.8. The average molecular weight is 665 g/mol. The first kappa shape index (κ1) is 11.0. The van der Waals surface area contributed by atoms with Crippen LogP contribution in [-0.4, -0.2) is 0 Å². The van der Waals surface area contributed by atoms with E-state index in [4.69, 9.17) is 26.0 Å². The SMILES string of the molecule is [2H]c1c([2H])c(-c2c3c([2H])c([2H])c([2H])c([2H])c3c(-c3c([2H])c([2H])c([2H])c4c([2H])c([2H])c([2H])c([2H])c34)c3c([2H])c(-c4c([2H])c([2H])c([2H])c5c([2H])c([2H])c([2H])c([2H])c45)c([2H])c([2H])c23)c([2H])c([2H])c1-c1c([2H])c([2H])c2c([2H])c([2H])c([2H])c([2H])c2c1[2H]. The Morgan fingerprint density at radius 2 is 0.720 bits per heavy atom. The highest BCUT2D eigenvalue weighted by molar-refractivity contribution is 6.24. The number of fused-ring (bicyclic) bond motifs is 5. The third-order valence-corrected chi connectivity index (χ3v) is 8.00.